The van der Waals surface area contributed by atoms with E-state index in [9.17, 15) is 4.79 Å². The van der Waals surface area contributed by atoms with Crippen LogP contribution >= 0.6 is 11.6 Å². The van der Waals surface area contributed by atoms with Gasteiger partial charge in [-0.25, -0.2) is 4.98 Å². The van der Waals surface area contributed by atoms with Crippen LogP contribution in [0.15, 0.2) is 10.9 Å². The Morgan fingerprint density at radius 1 is 1.25 bits per heavy atom. The van der Waals surface area contributed by atoms with Crippen molar-refractivity contribution in [3.05, 3.63) is 27.4 Å². The van der Waals surface area contributed by atoms with Gasteiger partial charge in [0.1, 0.15) is 11.0 Å². The average Bonchev–Trinajstić information content (AvgIpc) is 3.23. The Balaban J connectivity index is 1.69. The van der Waals surface area contributed by atoms with E-state index < -0.39 is 0 Å². The quantitative estimate of drug-likeness (QED) is 0.778. The van der Waals surface area contributed by atoms with Crippen LogP contribution < -0.4 is 5.56 Å². The fraction of sp³-hybridized carbons (Fsp3) is 0.714. The molecule has 0 N–H and O–H groups in total. The summed E-state index contributed by atoms with van der Waals surface area (Å²) >= 11 is 5.92. The summed E-state index contributed by atoms with van der Waals surface area (Å²) in [5.41, 5.74) is -0.0129. The average molecular weight is 297 g/mol. The summed E-state index contributed by atoms with van der Waals surface area (Å²) in [5.74, 6) is 1.32. The highest BCUT2D eigenvalue weighted by Gasteiger charge is 2.29. The predicted molar refractivity (Wildman–Crippen MR) is 79.4 cm³/mol. The maximum atomic E-state index is 12.1. The highest BCUT2D eigenvalue weighted by Crippen LogP contribution is 2.38. The van der Waals surface area contributed by atoms with Gasteiger partial charge < -0.3 is 4.90 Å². The molecular formula is C14H21ClN4O. The van der Waals surface area contributed by atoms with Crippen molar-refractivity contribution in [2.75, 3.05) is 39.8 Å². The number of rotatable bonds is 4. The lowest BCUT2D eigenvalue weighted by Crippen LogP contribution is -2.46. The van der Waals surface area contributed by atoms with Gasteiger partial charge in [-0.3, -0.25) is 14.3 Å². The van der Waals surface area contributed by atoms with Gasteiger partial charge in [-0.1, -0.05) is 11.6 Å². The van der Waals surface area contributed by atoms with Crippen molar-refractivity contribution in [1.29, 1.82) is 0 Å². The molecule has 0 radical (unpaired) electrons. The van der Waals surface area contributed by atoms with Crippen molar-refractivity contribution in [2.45, 2.75) is 25.3 Å². The number of hydrogen-bond donors (Lipinski definition) is 0. The molecule has 1 aromatic heterocycles. The zero-order chi connectivity index (χ0) is 14.1. The van der Waals surface area contributed by atoms with E-state index in [1.807, 2.05) is 4.57 Å². The molecule has 110 valence electrons. The maximum absolute atomic E-state index is 12.1. The van der Waals surface area contributed by atoms with Gasteiger partial charge >= 0.3 is 0 Å². The Hall–Kier alpha value is -0.910. The van der Waals surface area contributed by atoms with E-state index in [1.54, 1.807) is 0 Å². The topological polar surface area (TPSA) is 41.4 Å². The molecule has 1 aliphatic heterocycles. The molecule has 2 fully saturated rings. The summed E-state index contributed by atoms with van der Waals surface area (Å²) in [6.45, 7) is 5.98. The lowest BCUT2D eigenvalue weighted by Gasteiger charge is -2.32. The number of hydrogen-bond acceptors (Lipinski definition) is 4. The molecular weight excluding hydrogens is 276 g/mol. The summed E-state index contributed by atoms with van der Waals surface area (Å²) in [6, 6.07) is 1.43. The van der Waals surface area contributed by atoms with E-state index in [4.69, 9.17) is 11.6 Å². The third-order valence-electron chi connectivity index (χ3n) is 4.18. The number of halogens is 1. The molecule has 0 atom stereocenters. The first-order valence-corrected chi connectivity index (χ1v) is 7.69. The molecule has 1 aromatic rings. The molecule has 2 aliphatic rings. The molecule has 5 nitrogen and oxygen atoms in total. The lowest BCUT2D eigenvalue weighted by molar-refractivity contribution is 0.149. The first-order chi connectivity index (χ1) is 9.63. The molecule has 0 unspecified atom stereocenters. The van der Waals surface area contributed by atoms with Crippen LogP contribution in [0.25, 0.3) is 0 Å². The highest BCUT2D eigenvalue weighted by molar-refractivity contribution is 6.29. The fourth-order valence-electron chi connectivity index (χ4n) is 2.69. The van der Waals surface area contributed by atoms with Crippen molar-refractivity contribution in [3.63, 3.8) is 0 Å². The summed E-state index contributed by atoms with van der Waals surface area (Å²) in [6.07, 6.45) is 2.25. The molecule has 0 bridgehead atoms. The maximum Gasteiger partial charge on any atom is 0.255 e. The van der Waals surface area contributed by atoms with Gasteiger partial charge in [0.25, 0.3) is 5.56 Å². The predicted octanol–water partition coefficient (Wildman–Crippen LogP) is 1.02. The molecule has 0 amide bonds. The largest absolute Gasteiger partial charge is 0.304 e. The van der Waals surface area contributed by atoms with Crippen molar-refractivity contribution in [2.24, 2.45) is 0 Å². The van der Waals surface area contributed by atoms with E-state index in [0.29, 0.717) is 11.1 Å². The van der Waals surface area contributed by atoms with Crippen LogP contribution in [0.1, 0.15) is 24.6 Å². The van der Waals surface area contributed by atoms with Crippen molar-refractivity contribution >= 4 is 11.6 Å². The summed E-state index contributed by atoms with van der Waals surface area (Å²) < 4.78 is 1.82. The van der Waals surface area contributed by atoms with Gasteiger partial charge in [0, 0.05) is 51.3 Å². The molecule has 20 heavy (non-hydrogen) atoms. The molecule has 1 aliphatic carbocycles. The van der Waals surface area contributed by atoms with Crippen molar-refractivity contribution in [1.82, 2.24) is 19.4 Å². The van der Waals surface area contributed by atoms with E-state index >= 15 is 0 Å². The van der Waals surface area contributed by atoms with Crippen LogP contribution in [-0.2, 0) is 6.54 Å². The van der Waals surface area contributed by atoms with Crippen molar-refractivity contribution in [3.8, 4) is 0 Å². The van der Waals surface area contributed by atoms with Gasteiger partial charge in [0.2, 0.25) is 0 Å². The van der Waals surface area contributed by atoms with Crippen molar-refractivity contribution < 1.29 is 0 Å². The summed E-state index contributed by atoms with van der Waals surface area (Å²) in [4.78, 5) is 21.3. The second-order valence-corrected chi connectivity index (χ2v) is 6.23. The normalized spacial score (nSPS) is 21.3. The second-order valence-electron chi connectivity index (χ2n) is 5.85. The Morgan fingerprint density at radius 3 is 2.60 bits per heavy atom. The third kappa shape index (κ3) is 3.22. The molecule has 0 aromatic carbocycles. The SMILES string of the molecule is CN1CCN(CCn2c(C3CC3)nc(Cl)cc2=O)CC1. The van der Waals surface area contributed by atoms with Crippen LogP contribution in [0.3, 0.4) is 0 Å². The van der Waals surface area contributed by atoms with Gasteiger partial charge in [-0.15, -0.1) is 0 Å². The molecule has 1 saturated carbocycles. The van der Waals surface area contributed by atoms with Crippen LogP contribution in [0, 0.1) is 0 Å². The van der Waals surface area contributed by atoms with Crippen LogP contribution in [0.4, 0.5) is 0 Å². The minimum atomic E-state index is -0.0129. The number of nitrogens with zero attached hydrogens (tertiary/aromatic N) is 4. The zero-order valence-electron chi connectivity index (χ0n) is 11.9. The number of aromatic nitrogens is 2. The molecule has 6 heteroatoms. The summed E-state index contributed by atoms with van der Waals surface area (Å²) in [7, 11) is 2.15. The number of piperazine rings is 1. The van der Waals surface area contributed by atoms with Gasteiger partial charge in [-0.05, 0) is 19.9 Å². The summed E-state index contributed by atoms with van der Waals surface area (Å²) in [5, 5.41) is 0.327. The first-order valence-electron chi connectivity index (χ1n) is 7.31. The standard InChI is InChI=1S/C14H21ClN4O/c1-17-4-6-18(7-5-17)8-9-19-13(20)10-12(15)16-14(19)11-2-3-11/h10-11H,2-9H2,1H3. The van der Waals surface area contributed by atoms with E-state index in [1.165, 1.54) is 6.07 Å². The minimum absolute atomic E-state index is 0.0129. The fourth-order valence-corrected chi connectivity index (χ4v) is 2.87. The van der Waals surface area contributed by atoms with E-state index in [2.05, 4.69) is 21.8 Å². The molecule has 0 spiro atoms. The monoisotopic (exact) mass is 296 g/mol. The smallest absolute Gasteiger partial charge is 0.255 e. The Kier molecular flexibility index (Phi) is 4.10. The Morgan fingerprint density at radius 2 is 1.95 bits per heavy atom. The lowest BCUT2D eigenvalue weighted by atomic mass is 10.3. The van der Waals surface area contributed by atoms with Crippen LogP contribution in [0.5, 0.6) is 0 Å². The third-order valence-corrected chi connectivity index (χ3v) is 4.38. The van der Waals surface area contributed by atoms with Crippen LogP contribution in [-0.4, -0.2) is 59.1 Å². The second kappa shape index (κ2) is 5.84. The zero-order valence-corrected chi connectivity index (χ0v) is 12.6. The first kappa shape index (κ1) is 14.0. The minimum Gasteiger partial charge on any atom is -0.304 e. The Bertz CT molecular complexity index is 532. The van der Waals surface area contributed by atoms with Crippen LogP contribution in [0.2, 0.25) is 5.15 Å². The Labute approximate surface area is 124 Å². The van der Waals surface area contributed by atoms with E-state index in [0.717, 1.165) is 57.9 Å². The van der Waals surface area contributed by atoms with Gasteiger partial charge in [-0.2, -0.15) is 0 Å². The molecule has 1 saturated heterocycles. The van der Waals surface area contributed by atoms with Gasteiger partial charge in [0.15, 0.2) is 0 Å². The van der Waals surface area contributed by atoms with Gasteiger partial charge in [0.05, 0.1) is 0 Å². The number of likely N-dealkylation sites (N-methyl/N-ethyl adjacent to an activating group) is 1. The highest BCUT2D eigenvalue weighted by atomic mass is 35.5. The molecule has 2 heterocycles. The van der Waals surface area contributed by atoms with E-state index in [-0.39, 0.29) is 5.56 Å². The molecule has 3 rings (SSSR count).